The van der Waals surface area contributed by atoms with Gasteiger partial charge in [-0.2, -0.15) is 0 Å². The van der Waals surface area contributed by atoms with E-state index in [1.165, 1.54) is 16.3 Å². The van der Waals surface area contributed by atoms with Gasteiger partial charge in [-0.25, -0.2) is 0 Å². The molecule has 0 spiro atoms. The van der Waals surface area contributed by atoms with Crippen molar-refractivity contribution in [2.45, 2.75) is 18.7 Å². The van der Waals surface area contributed by atoms with Gasteiger partial charge in [0.1, 0.15) is 0 Å². The lowest BCUT2D eigenvalue weighted by atomic mass is 10.3. The third kappa shape index (κ3) is 3.73. The first kappa shape index (κ1) is 10.5. The molecule has 1 rings (SSSR count). The number of benzene rings is 1. The molecule has 0 aliphatic heterocycles. The Kier molecular flexibility index (Phi) is 4.16. The van der Waals surface area contributed by atoms with Gasteiger partial charge in [0.15, 0.2) is 0 Å². The van der Waals surface area contributed by atoms with Crippen molar-refractivity contribution in [3.05, 3.63) is 24.3 Å². The highest BCUT2D eigenvalue weighted by atomic mass is 32.2. The maximum atomic E-state index is 3.11. The normalized spacial score (nSPS) is 10.5. The SMILES string of the molecule is CNc1ccc(SCC(C)C)cc1. The van der Waals surface area contributed by atoms with Crippen LogP contribution in [0, 0.1) is 5.92 Å². The Morgan fingerprint density at radius 2 is 1.85 bits per heavy atom. The molecule has 0 amide bonds. The molecule has 1 aromatic carbocycles. The van der Waals surface area contributed by atoms with Crippen molar-refractivity contribution < 1.29 is 0 Å². The average Bonchev–Trinajstić information content (AvgIpc) is 2.15. The van der Waals surface area contributed by atoms with Crippen LogP contribution in [0.4, 0.5) is 5.69 Å². The van der Waals surface area contributed by atoms with E-state index in [1.54, 1.807) is 0 Å². The Balaban J connectivity index is 2.49. The van der Waals surface area contributed by atoms with Crippen molar-refractivity contribution in [1.82, 2.24) is 0 Å². The summed E-state index contributed by atoms with van der Waals surface area (Å²) < 4.78 is 0. The standard InChI is InChI=1S/C11H17NS/c1-9(2)8-13-11-6-4-10(12-3)5-7-11/h4-7,9,12H,8H2,1-3H3. The number of thioether (sulfide) groups is 1. The van der Waals surface area contributed by atoms with Crippen molar-refractivity contribution in [2.75, 3.05) is 18.1 Å². The fourth-order valence-corrected chi connectivity index (χ4v) is 1.84. The topological polar surface area (TPSA) is 12.0 Å². The van der Waals surface area contributed by atoms with E-state index in [4.69, 9.17) is 0 Å². The third-order valence-electron chi connectivity index (χ3n) is 1.73. The van der Waals surface area contributed by atoms with E-state index in [0.29, 0.717) is 0 Å². The van der Waals surface area contributed by atoms with Crippen LogP contribution >= 0.6 is 11.8 Å². The zero-order valence-electron chi connectivity index (χ0n) is 8.50. The lowest BCUT2D eigenvalue weighted by molar-refractivity contribution is 0.750. The van der Waals surface area contributed by atoms with Gasteiger partial charge in [0.25, 0.3) is 0 Å². The molecule has 0 saturated carbocycles. The summed E-state index contributed by atoms with van der Waals surface area (Å²) in [6.45, 7) is 4.49. The van der Waals surface area contributed by atoms with Gasteiger partial charge < -0.3 is 5.32 Å². The van der Waals surface area contributed by atoms with E-state index in [1.807, 2.05) is 18.8 Å². The molecule has 0 bridgehead atoms. The van der Waals surface area contributed by atoms with Gasteiger partial charge in [0, 0.05) is 23.4 Å². The monoisotopic (exact) mass is 195 g/mol. The fourth-order valence-electron chi connectivity index (χ4n) is 0.981. The molecule has 0 atom stereocenters. The number of hydrogen-bond acceptors (Lipinski definition) is 2. The minimum atomic E-state index is 0.758. The number of anilines is 1. The first-order valence-corrected chi connectivity index (χ1v) is 5.61. The molecule has 1 nitrogen and oxygen atoms in total. The van der Waals surface area contributed by atoms with Crippen LogP contribution in [0.3, 0.4) is 0 Å². The minimum Gasteiger partial charge on any atom is -0.388 e. The number of rotatable bonds is 4. The zero-order valence-corrected chi connectivity index (χ0v) is 9.32. The number of nitrogens with one attached hydrogen (secondary N) is 1. The summed E-state index contributed by atoms with van der Waals surface area (Å²) in [6, 6.07) is 8.56. The van der Waals surface area contributed by atoms with Crippen LogP contribution in [-0.2, 0) is 0 Å². The third-order valence-corrected chi connectivity index (χ3v) is 3.17. The summed E-state index contributed by atoms with van der Waals surface area (Å²) in [5.74, 6) is 1.95. The van der Waals surface area contributed by atoms with Gasteiger partial charge >= 0.3 is 0 Å². The largest absolute Gasteiger partial charge is 0.388 e. The quantitative estimate of drug-likeness (QED) is 0.738. The van der Waals surface area contributed by atoms with Crippen LogP contribution in [0.15, 0.2) is 29.2 Å². The Morgan fingerprint density at radius 3 is 2.31 bits per heavy atom. The maximum absolute atomic E-state index is 3.11. The molecular weight excluding hydrogens is 178 g/mol. The second-order valence-corrected chi connectivity index (χ2v) is 4.57. The minimum absolute atomic E-state index is 0.758. The lowest BCUT2D eigenvalue weighted by Crippen LogP contribution is -1.90. The molecule has 0 unspecified atom stereocenters. The first-order valence-electron chi connectivity index (χ1n) is 4.63. The van der Waals surface area contributed by atoms with Crippen molar-refractivity contribution >= 4 is 17.4 Å². The van der Waals surface area contributed by atoms with Crippen molar-refractivity contribution in [3.8, 4) is 0 Å². The maximum Gasteiger partial charge on any atom is 0.0338 e. The summed E-state index contributed by atoms with van der Waals surface area (Å²) in [7, 11) is 1.94. The molecule has 0 aromatic heterocycles. The summed E-state index contributed by atoms with van der Waals surface area (Å²) in [6.07, 6.45) is 0. The zero-order chi connectivity index (χ0) is 9.68. The van der Waals surface area contributed by atoms with Gasteiger partial charge in [-0.3, -0.25) is 0 Å². The van der Waals surface area contributed by atoms with Crippen LogP contribution < -0.4 is 5.32 Å². The predicted octanol–water partition coefficient (Wildman–Crippen LogP) is 3.48. The van der Waals surface area contributed by atoms with Crippen molar-refractivity contribution in [2.24, 2.45) is 5.92 Å². The Hall–Kier alpha value is -0.630. The van der Waals surface area contributed by atoms with E-state index >= 15 is 0 Å². The van der Waals surface area contributed by atoms with Gasteiger partial charge in [-0.05, 0) is 30.2 Å². The molecule has 1 aromatic rings. The summed E-state index contributed by atoms with van der Waals surface area (Å²) in [5.41, 5.74) is 1.17. The van der Waals surface area contributed by atoms with E-state index in [9.17, 15) is 0 Å². The Bertz CT molecular complexity index is 241. The molecule has 2 heteroatoms. The summed E-state index contributed by atoms with van der Waals surface area (Å²) in [4.78, 5) is 1.35. The van der Waals surface area contributed by atoms with Gasteiger partial charge in [0.2, 0.25) is 0 Å². The van der Waals surface area contributed by atoms with Crippen molar-refractivity contribution in [1.29, 1.82) is 0 Å². The molecule has 72 valence electrons. The second-order valence-electron chi connectivity index (χ2n) is 3.48. The predicted molar refractivity (Wildman–Crippen MR) is 61.6 cm³/mol. The molecule has 0 radical (unpaired) electrons. The van der Waals surface area contributed by atoms with E-state index in [2.05, 4.69) is 43.4 Å². The molecule has 0 saturated heterocycles. The smallest absolute Gasteiger partial charge is 0.0338 e. The highest BCUT2D eigenvalue weighted by molar-refractivity contribution is 7.99. The van der Waals surface area contributed by atoms with E-state index in [-0.39, 0.29) is 0 Å². The summed E-state index contributed by atoms with van der Waals surface area (Å²) >= 11 is 1.92. The van der Waals surface area contributed by atoms with Crippen LogP contribution in [0.1, 0.15) is 13.8 Å². The number of hydrogen-bond donors (Lipinski definition) is 1. The van der Waals surface area contributed by atoms with Crippen LogP contribution in [0.2, 0.25) is 0 Å². The second kappa shape index (κ2) is 5.18. The molecule has 0 heterocycles. The Morgan fingerprint density at radius 1 is 1.23 bits per heavy atom. The fraction of sp³-hybridized carbons (Fsp3) is 0.455. The molecule has 1 N–H and O–H groups in total. The van der Waals surface area contributed by atoms with Crippen LogP contribution in [-0.4, -0.2) is 12.8 Å². The first-order chi connectivity index (χ1) is 6.22. The van der Waals surface area contributed by atoms with E-state index < -0.39 is 0 Å². The molecule has 13 heavy (non-hydrogen) atoms. The van der Waals surface area contributed by atoms with E-state index in [0.717, 1.165) is 5.92 Å². The summed E-state index contributed by atoms with van der Waals surface area (Å²) in [5, 5.41) is 3.11. The molecular formula is C11H17NS. The lowest BCUT2D eigenvalue weighted by Gasteiger charge is -2.05. The molecule has 0 fully saturated rings. The molecule has 0 aliphatic carbocycles. The van der Waals surface area contributed by atoms with Crippen LogP contribution in [0.5, 0.6) is 0 Å². The van der Waals surface area contributed by atoms with Gasteiger partial charge in [-0.15, -0.1) is 11.8 Å². The van der Waals surface area contributed by atoms with Gasteiger partial charge in [0.05, 0.1) is 0 Å². The van der Waals surface area contributed by atoms with Crippen molar-refractivity contribution in [3.63, 3.8) is 0 Å². The average molecular weight is 195 g/mol. The highest BCUT2D eigenvalue weighted by Gasteiger charge is 1.96. The van der Waals surface area contributed by atoms with Gasteiger partial charge in [-0.1, -0.05) is 13.8 Å². The Labute approximate surface area is 84.9 Å². The highest BCUT2D eigenvalue weighted by Crippen LogP contribution is 2.21. The van der Waals surface area contributed by atoms with Crippen LogP contribution in [0.25, 0.3) is 0 Å². The molecule has 0 aliphatic rings.